The van der Waals surface area contributed by atoms with Crippen LogP contribution in [0, 0.1) is 13.8 Å². The van der Waals surface area contributed by atoms with Gasteiger partial charge in [-0.2, -0.15) is 0 Å². The molecule has 19 heavy (non-hydrogen) atoms. The lowest BCUT2D eigenvalue weighted by Crippen LogP contribution is -2.22. The van der Waals surface area contributed by atoms with Crippen LogP contribution in [0.3, 0.4) is 0 Å². The Bertz CT molecular complexity index is 631. The van der Waals surface area contributed by atoms with Crippen LogP contribution in [0.15, 0.2) is 12.1 Å². The first kappa shape index (κ1) is 13.7. The third kappa shape index (κ3) is 3.18. The lowest BCUT2D eigenvalue weighted by Gasteiger charge is -2.01. The maximum absolute atomic E-state index is 11.9. The first-order valence-electron chi connectivity index (χ1n) is 5.51. The highest BCUT2D eigenvalue weighted by molar-refractivity contribution is 7.14. The van der Waals surface area contributed by atoms with Crippen LogP contribution in [0.25, 0.3) is 0 Å². The molecule has 100 valence electrons. The number of aromatic nitrogens is 1. The highest BCUT2D eigenvalue weighted by Crippen LogP contribution is 2.18. The first-order chi connectivity index (χ1) is 8.97. The van der Waals surface area contributed by atoms with E-state index in [4.69, 9.17) is 5.11 Å². The summed E-state index contributed by atoms with van der Waals surface area (Å²) in [4.78, 5) is 28.6. The normalized spacial score (nSPS) is 10.4. The summed E-state index contributed by atoms with van der Waals surface area (Å²) in [5.74, 6) is -1.12. The molecule has 0 radical (unpaired) electrons. The summed E-state index contributed by atoms with van der Waals surface area (Å²) in [5.41, 5.74) is 0.720. The average Bonchev–Trinajstić information content (AvgIpc) is 2.93. The van der Waals surface area contributed by atoms with Gasteiger partial charge < -0.3 is 10.4 Å². The second-order valence-electron chi connectivity index (χ2n) is 3.90. The number of hydrogen-bond donors (Lipinski definition) is 2. The number of aryl methyl sites for hydroxylation is 2. The molecule has 5 nitrogen and oxygen atoms in total. The van der Waals surface area contributed by atoms with Crippen molar-refractivity contribution >= 4 is 34.6 Å². The number of carbonyl (C=O) groups excluding carboxylic acids is 1. The summed E-state index contributed by atoms with van der Waals surface area (Å²) in [5, 5.41) is 12.4. The molecule has 0 saturated heterocycles. The van der Waals surface area contributed by atoms with Crippen molar-refractivity contribution in [1.29, 1.82) is 0 Å². The van der Waals surface area contributed by atoms with Gasteiger partial charge >= 0.3 is 5.97 Å². The summed E-state index contributed by atoms with van der Waals surface area (Å²) < 4.78 is 0. The molecule has 0 aliphatic heterocycles. The fourth-order valence-corrected chi connectivity index (χ4v) is 3.20. The van der Waals surface area contributed by atoms with Gasteiger partial charge in [0, 0.05) is 4.88 Å². The van der Waals surface area contributed by atoms with Crippen molar-refractivity contribution in [3.8, 4) is 0 Å². The van der Waals surface area contributed by atoms with Gasteiger partial charge in [-0.3, -0.25) is 4.79 Å². The minimum atomic E-state index is -0.948. The van der Waals surface area contributed by atoms with E-state index in [0.717, 1.165) is 26.9 Å². The van der Waals surface area contributed by atoms with Crippen LogP contribution in [-0.4, -0.2) is 22.0 Å². The molecule has 2 N–H and O–H groups in total. The topological polar surface area (TPSA) is 79.3 Å². The molecule has 0 bridgehead atoms. The molecule has 0 spiro atoms. The summed E-state index contributed by atoms with van der Waals surface area (Å²) in [6.07, 6.45) is 0. The highest BCUT2D eigenvalue weighted by Gasteiger charge is 2.14. The molecule has 2 aromatic rings. The van der Waals surface area contributed by atoms with E-state index >= 15 is 0 Å². The maximum atomic E-state index is 11.9. The third-order valence-electron chi connectivity index (χ3n) is 2.41. The highest BCUT2D eigenvalue weighted by atomic mass is 32.1. The second-order valence-corrected chi connectivity index (χ2v) is 6.27. The van der Waals surface area contributed by atoms with Crippen molar-refractivity contribution in [3.05, 3.63) is 37.5 Å². The Morgan fingerprint density at radius 1 is 1.32 bits per heavy atom. The fraction of sp³-hybridized carbons (Fsp3) is 0.250. The van der Waals surface area contributed by atoms with Gasteiger partial charge in [0.1, 0.15) is 9.75 Å². The van der Waals surface area contributed by atoms with Crippen LogP contribution < -0.4 is 5.32 Å². The molecule has 0 unspecified atom stereocenters. The van der Waals surface area contributed by atoms with Gasteiger partial charge in [-0.05, 0) is 26.0 Å². The standard InChI is InChI=1S/C12H12N2O3S2/c1-6-10(18-7(2)14-6)11(15)13-5-8-3-4-9(19-8)12(16)17/h3-4H,5H2,1-2H3,(H,13,15)(H,16,17). The fourth-order valence-electron chi connectivity index (χ4n) is 1.58. The molecule has 2 rings (SSSR count). The largest absolute Gasteiger partial charge is 0.477 e. The number of nitrogens with zero attached hydrogens (tertiary/aromatic N) is 1. The zero-order chi connectivity index (χ0) is 14.0. The number of hydrogen-bond acceptors (Lipinski definition) is 5. The summed E-state index contributed by atoms with van der Waals surface area (Å²) in [7, 11) is 0. The van der Waals surface area contributed by atoms with Gasteiger partial charge in [0.25, 0.3) is 5.91 Å². The Labute approximate surface area is 117 Å². The lowest BCUT2D eigenvalue weighted by atomic mass is 10.3. The SMILES string of the molecule is Cc1nc(C)c(C(=O)NCc2ccc(C(=O)O)s2)s1. The summed E-state index contributed by atoms with van der Waals surface area (Å²) >= 11 is 2.51. The Morgan fingerprint density at radius 2 is 2.05 bits per heavy atom. The molecule has 0 fully saturated rings. The van der Waals surface area contributed by atoms with Crippen LogP contribution in [0.4, 0.5) is 0 Å². The number of aromatic carboxylic acids is 1. The maximum Gasteiger partial charge on any atom is 0.345 e. The third-order valence-corrected chi connectivity index (χ3v) is 4.55. The van der Waals surface area contributed by atoms with Crippen molar-refractivity contribution in [3.63, 3.8) is 0 Å². The number of carbonyl (C=O) groups is 2. The Hall–Kier alpha value is -1.73. The van der Waals surface area contributed by atoms with Gasteiger partial charge in [-0.15, -0.1) is 22.7 Å². The zero-order valence-corrected chi connectivity index (χ0v) is 12.0. The van der Waals surface area contributed by atoms with Crippen LogP contribution >= 0.6 is 22.7 Å². The van der Waals surface area contributed by atoms with Gasteiger partial charge in [0.2, 0.25) is 0 Å². The molecule has 0 aromatic carbocycles. The quantitative estimate of drug-likeness (QED) is 0.908. The predicted molar refractivity (Wildman–Crippen MR) is 74.0 cm³/mol. The van der Waals surface area contributed by atoms with Crippen molar-refractivity contribution < 1.29 is 14.7 Å². The van der Waals surface area contributed by atoms with Gasteiger partial charge in [-0.25, -0.2) is 9.78 Å². The Kier molecular flexibility index (Phi) is 3.96. The average molecular weight is 296 g/mol. The van der Waals surface area contributed by atoms with Crippen molar-refractivity contribution in [1.82, 2.24) is 10.3 Å². The van der Waals surface area contributed by atoms with E-state index in [9.17, 15) is 9.59 Å². The number of thiazole rings is 1. The molecular weight excluding hydrogens is 284 g/mol. The Balaban J connectivity index is 2.00. The number of carboxylic acids is 1. The summed E-state index contributed by atoms with van der Waals surface area (Å²) in [6, 6.07) is 3.25. The molecule has 1 amide bonds. The van der Waals surface area contributed by atoms with E-state index in [-0.39, 0.29) is 10.8 Å². The van der Waals surface area contributed by atoms with E-state index in [2.05, 4.69) is 10.3 Å². The van der Waals surface area contributed by atoms with Gasteiger partial charge in [0.05, 0.1) is 17.2 Å². The number of rotatable bonds is 4. The predicted octanol–water partition coefficient (Wildman–Crippen LogP) is 2.45. The summed E-state index contributed by atoms with van der Waals surface area (Å²) in [6.45, 7) is 3.98. The smallest absolute Gasteiger partial charge is 0.345 e. The number of amides is 1. The first-order valence-corrected chi connectivity index (χ1v) is 7.15. The number of thiophene rings is 1. The van der Waals surface area contributed by atoms with Crippen LogP contribution in [0.1, 0.15) is 34.9 Å². The molecule has 0 aliphatic carbocycles. The van der Waals surface area contributed by atoms with E-state index in [1.54, 1.807) is 13.0 Å². The molecule has 2 aromatic heterocycles. The van der Waals surface area contributed by atoms with Crippen LogP contribution in [0.2, 0.25) is 0 Å². The minimum absolute atomic E-state index is 0.173. The van der Waals surface area contributed by atoms with E-state index in [1.165, 1.54) is 17.4 Å². The molecule has 0 atom stereocenters. The molecule has 2 heterocycles. The van der Waals surface area contributed by atoms with Gasteiger partial charge in [-0.1, -0.05) is 0 Å². The molecule has 0 saturated carbocycles. The molecule has 0 aliphatic rings. The monoisotopic (exact) mass is 296 g/mol. The second kappa shape index (κ2) is 5.50. The zero-order valence-electron chi connectivity index (χ0n) is 10.4. The number of carboxylic acid groups (broad SMARTS) is 1. The van der Waals surface area contributed by atoms with Crippen molar-refractivity contribution in [2.45, 2.75) is 20.4 Å². The van der Waals surface area contributed by atoms with Crippen LogP contribution in [0.5, 0.6) is 0 Å². The van der Waals surface area contributed by atoms with E-state index < -0.39 is 5.97 Å². The lowest BCUT2D eigenvalue weighted by molar-refractivity contribution is 0.0702. The Morgan fingerprint density at radius 3 is 2.58 bits per heavy atom. The van der Waals surface area contributed by atoms with Gasteiger partial charge in [0.15, 0.2) is 0 Å². The van der Waals surface area contributed by atoms with E-state index in [1.807, 2.05) is 6.92 Å². The number of nitrogens with one attached hydrogen (secondary N) is 1. The molecular formula is C12H12N2O3S2. The van der Waals surface area contributed by atoms with Crippen LogP contribution in [-0.2, 0) is 6.54 Å². The minimum Gasteiger partial charge on any atom is -0.477 e. The van der Waals surface area contributed by atoms with Crippen molar-refractivity contribution in [2.24, 2.45) is 0 Å². The van der Waals surface area contributed by atoms with Crippen molar-refractivity contribution in [2.75, 3.05) is 0 Å². The molecule has 7 heteroatoms. The van der Waals surface area contributed by atoms with E-state index in [0.29, 0.717) is 11.4 Å².